The molecule has 28 heavy (non-hydrogen) atoms. The number of hydrogen-bond donors (Lipinski definition) is 1. The third-order valence-electron chi connectivity index (χ3n) is 4.83. The van der Waals surface area contributed by atoms with E-state index in [1.54, 1.807) is 0 Å². The number of ether oxygens (including phenoxy) is 1. The van der Waals surface area contributed by atoms with E-state index in [-0.39, 0.29) is 11.8 Å². The Bertz CT molecular complexity index is 882. The highest BCUT2D eigenvalue weighted by Gasteiger charge is 2.10. The standard InChI is InChI=1S/C23H26N2O3/c1-16(20-7-5-4-6-8-20)14-24-23(26)13-19-9-11-21(12-10-19)27-15-22-17(2)25-28-18(22)3/h4-12,16H,13-15H2,1-3H3,(H,24,26). The van der Waals surface area contributed by atoms with Crippen molar-refractivity contribution in [2.75, 3.05) is 6.54 Å². The lowest BCUT2D eigenvalue weighted by molar-refractivity contribution is -0.120. The molecule has 5 nitrogen and oxygen atoms in total. The molecule has 5 heteroatoms. The molecule has 1 amide bonds. The van der Waals surface area contributed by atoms with Gasteiger partial charge in [-0.15, -0.1) is 0 Å². The normalized spacial score (nSPS) is 11.8. The van der Waals surface area contributed by atoms with Gasteiger partial charge in [0, 0.05) is 6.54 Å². The SMILES string of the molecule is Cc1noc(C)c1COc1ccc(CC(=O)NCC(C)c2ccccc2)cc1. The summed E-state index contributed by atoms with van der Waals surface area (Å²) in [6.07, 6.45) is 0.353. The summed E-state index contributed by atoms with van der Waals surface area (Å²) in [5.74, 6) is 1.83. The van der Waals surface area contributed by atoms with E-state index in [4.69, 9.17) is 9.26 Å². The van der Waals surface area contributed by atoms with Crippen molar-refractivity contribution >= 4 is 5.91 Å². The zero-order chi connectivity index (χ0) is 19.9. The smallest absolute Gasteiger partial charge is 0.224 e. The molecule has 0 radical (unpaired) electrons. The van der Waals surface area contributed by atoms with E-state index in [1.807, 2.05) is 56.3 Å². The van der Waals surface area contributed by atoms with Crippen LogP contribution in [0.25, 0.3) is 0 Å². The number of aryl methyl sites for hydroxylation is 2. The quantitative estimate of drug-likeness (QED) is 0.633. The number of carbonyl (C=O) groups excluding carboxylic acids is 1. The Balaban J connectivity index is 1.46. The summed E-state index contributed by atoms with van der Waals surface area (Å²) in [5, 5.41) is 6.94. The van der Waals surface area contributed by atoms with E-state index in [9.17, 15) is 4.79 Å². The molecule has 1 N–H and O–H groups in total. The second-order valence-electron chi connectivity index (χ2n) is 7.03. The van der Waals surface area contributed by atoms with Gasteiger partial charge in [-0.3, -0.25) is 4.79 Å². The fourth-order valence-corrected chi connectivity index (χ4v) is 2.98. The number of benzene rings is 2. The van der Waals surface area contributed by atoms with Crippen LogP contribution in [0.4, 0.5) is 0 Å². The molecular formula is C23H26N2O3. The lowest BCUT2D eigenvalue weighted by Crippen LogP contribution is -2.28. The monoisotopic (exact) mass is 378 g/mol. The lowest BCUT2D eigenvalue weighted by atomic mass is 10.0. The summed E-state index contributed by atoms with van der Waals surface area (Å²) in [5.41, 5.74) is 3.99. The Morgan fingerprint density at radius 1 is 1.11 bits per heavy atom. The summed E-state index contributed by atoms with van der Waals surface area (Å²) < 4.78 is 10.9. The van der Waals surface area contributed by atoms with Crippen LogP contribution in [0.5, 0.6) is 5.75 Å². The maximum absolute atomic E-state index is 12.2. The van der Waals surface area contributed by atoms with Crippen LogP contribution in [0.2, 0.25) is 0 Å². The molecule has 1 unspecified atom stereocenters. The van der Waals surface area contributed by atoms with E-state index in [2.05, 4.69) is 29.5 Å². The molecule has 0 spiro atoms. The van der Waals surface area contributed by atoms with Gasteiger partial charge in [-0.25, -0.2) is 0 Å². The first-order valence-electron chi connectivity index (χ1n) is 9.48. The molecule has 0 bridgehead atoms. The Morgan fingerprint density at radius 3 is 2.46 bits per heavy atom. The zero-order valence-corrected chi connectivity index (χ0v) is 16.6. The van der Waals surface area contributed by atoms with Gasteiger partial charge in [0.1, 0.15) is 18.1 Å². The molecule has 0 saturated carbocycles. The molecule has 3 aromatic rings. The molecule has 3 rings (SSSR count). The first-order chi connectivity index (χ1) is 13.5. The van der Waals surface area contributed by atoms with Crippen molar-refractivity contribution in [1.82, 2.24) is 10.5 Å². The van der Waals surface area contributed by atoms with E-state index in [1.165, 1.54) is 5.56 Å². The van der Waals surface area contributed by atoms with Crippen molar-refractivity contribution in [3.05, 3.63) is 82.7 Å². The van der Waals surface area contributed by atoms with Gasteiger partial charge < -0.3 is 14.6 Å². The summed E-state index contributed by atoms with van der Waals surface area (Å²) >= 11 is 0. The Kier molecular flexibility index (Phi) is 6.48. The molecule has 0 saturated heterocycles. The number of aromatic nitrogens is 1. The molecule has 1 heterocycles. The van der Waals surface area contributed by atoms with Crippen molar-refractivity contribution in [2.24, 2.45) is 0 Å². The summed E-state index contributed by atoms with van der Waals surface area (Å²) in [6.45, 7) is 6.93. The third kappa shape index (κ3) is 5.22. The second-order valence-corrected chi connectivity index (χ2v) is 7.03. The molecule has 0 aliphatic heterocycles. The predicted octanol–water partition coefficient (Wildman–Crippen LogP) is 4.33. The van der Waals surface area contributed by atoms with Gasteiger partial charge in [-0.2, -0.15) is 0 Å². The average molecular weight is 378 g/mol. The van der Waals surface area contributed by atoms with Crippen LogP contribution < -0.4 is 10.1 Å². The van der Waals surface area contributed by atoms with E-state index in [0.29, 0.717) is 19.6 Å². The van der Waals surface area contributed by atoms with Gasteiger partial charge in [-0.1, -0.05) is 54.5 Å². The first kappa shape index (κ1) is 19.7. The number of hydrogen-bond acceptors (Lipinski definition) is 4. The molecule has 146 valence electrons. The van der Waals surface area contributed by atoms with Crippen molar-refractivity contribution < 1.29 is 14.1 Å². The van der Waals surface area contributed by atoms with Crippen LogP contribution in [0.15, 0.2) is 59.1 Å². The molecule has 0 aliphatic rings. The fraction of sp³-hybridized carbons (Fsp3) is 0.304. The molecule has 1 aromatic heterocycles. The van der Waals surface area contributed by atoms with Crippen LogP contribution in [0.1, 0.15) is 41.0 Å². The maximum Gasteiger partial charge on any atom is 0.224 e. The summed E-state index contributed by atoms with van der Waals surface area (Å²) in [7, 11) is 0. The van der Waals surface area contributed by atoms with E-state index < -0.39 is 0 Å². The lowest BCUT2D eigenvalue weighted by Gasteiger charge is -2.13. The van der Waals surface area contributed by atoms with E-state index >= 15 is 0 Å². The highest BCUT2D eigenvalue weighted by molar-refractivity contribution is 5.78. The second kappa shape index (κ2) is 9.22. The average Bonchev–Trinajstić information content (AvgIpc) is 3.04. The van der Waals surface area contributed by atoms with Crippen LogP contribution >= 0.6 is 0 Å². The van der Waals surface area contributed by atoms with Gasteiger partial charge in [0.15, 0.2) is 0 Å². The minimum absolute atomic E-state index is 0.0205. The highest BCUT2D eigenvalue weighted by atomic mass is 16.5. The van der Waals surface area contributed by atoms with Crippen LogP contribution in [0.3, 0.4) is 0 Å². The van der Waals surface area contributed by atoms with Gasteiger partial charge >= 0.3 is 0 Å². The molecule has 1 atom stereocenters. The largest absolute Gasteiger partial charge is 0.489 e. The number of nitrogens with zero attached hydrogens (tertiary/aromatic N) is 1. The molecule has 0 aliphatic carbocycles. The Labute approximate surface area is 165 Å². The maximum atomic E-state index is 12.2. The fourth-order valence-electron chi connectivity index (χ4n) is 2.98. The number of amides is 1. The van der Waals surface area contributed by atoms with Crippen molar-refractivity contribution in [2.45, 2.75) is 39.7 Å². The van der Waals surface area contributed by atoms with Gasteiger partial charge in [0.25, 0.3) is 0 Å². The van der Waals surface area contributed by atoms with Gasteiger partial charge in [0.05, 0.1) is 17.7 Å². The minimum atomic E-state index is 0.0205. The van der Waals surface area contributed by atoms with Crippen molar-refractivity contribution in [1.29, 1.82) is 0 Å². The highest BCUT2D eigenvalue weighted by Crippen LogP contribution is 2.18. The molecule has 0 fully saturated rings. The molecular weight excluding hydrogens is 352 g/mol. The van der Waals surface area contributed by atoms with Crippen LogP contribution in [-0.4, -0.2) is 17.6 Å². The van der Waals surface area contributed by atoms with Gasteiger partial charge in [0.2, 0.25) is 5.91 Å². The first-order valence-corrected chi connectivity index (χ1v) is 9.48. The Morgan fingerprint density at radius 2 is 1.82 bits per heavy atom. The topological polar surface area (TPSA) is 64.4 Å². The Hall–Kier alpha value is -3.08. The van der Waals surface area contributed by atoms with Crippen LogP contribution in [-0.2, 0) is 17.8 Å². The number of carbonyl (C=O) groups is 1. The predicted molar refractivity (Wildman–Crippen MR) is 108 cm³/mol. The van der Waals surface area contributed by atoms with Crippen LogP contribution in [0, 0.1) is 13.8 Å². The summed E-state index contributed by atoms with van der Waals surface area (Å²) in [4.78, 5) is 12.2. The number of nitrogens with one attached hydrogen (secondary N) is 1. The summed E-state index contributed by atoms with van der Waals surface area (Å²) in [6, 6.07) is 17.8. The molecule has 2 aromatic carbocycles. The zero-order valence-electron chi connectivity index (χ0n) is 16.6. The van der Waals surface area contributed by atoms with Gasteiger partial charge in [-0.05, 0) is 43.0 Å². The van der Waals surface area contributed by atoms with E-state index in [0.717, 1.165) is 28.3 Å². The van der Waals surface area contributed by atoms with Crippen molar-refractivity contribution in [3.8, 4) is 5.75 Å². The third-order valence-corrected chi connectivity index (χ3v) is 4.83. The van der Waals surface area contributed by atoms with Crippen molar-refractivity contribution in [3.63, 3.8) is 0 Å². The minimum Gasteiger partial charge on any atom is -0.489 e. The number of rotatable bonds is 8.